The van der Waals surface area contributed by atoms with Crippen molar-refractivity contribution in [1.82, 2.24) is 19.6 Å². The number of amides is 2. The van der Waals surface area contributed by atoms with E-state index in [-0.39, 0.29) is 11.8 Å². The molecule has 7 heteroatoms. The quantitative estimate of drug-likeness (QED) is 0.672. The molecular weight excluding hydrogens is 400 g/mol. The van der Waals surface area contributed by atoms with Crippen LogP contribution in [0.2, 0.25) is 5.02 Å². The fourth-order valence-electron chi connectivity index (χ4n) is 4.35. The van der Waals surface area contributed by atoms with Gasteiger partial charge >= 0.3 is 0 Å². The molecule has 0 bridgehead atoms. The van der Waals surface area contributed by atoms with Crippen LogP contribution in [0.3, 0.4) is 0 Å². The van der Waals surface area contributed by atoms with Gasteiger partial charge in [0.2, 0.25) is 11.8 Å². The standard InChI is InChI=1S/C23H31ClN4O2/c24-20-7-4-19(5-8-20)6-9-22(29)27-12-10-25(11-13-27)18-23(30)28-16-14-26(15-17-28)21-2-1-3-21/h4-9,21H,1-3,10-18H2. The van der Waals surface area contributed by atoms with Crippen LogP contribution in [0.25, 0.3) is 6.08 Å². The summed E-state index contributed by atoms with van der Waals surface area (Å²) in [6, 6.07) is 8.17. The maximum absolute atomic E-state index is 12.7. The van der Waals surface area contributed by atoms with Gasteiger partial charge < -0.3 is 9.80 Å². The third-order valence-corrected chi connectivity index (χ3v) is 6.84. The molecule has 0 N–H and O–H groups in total. The van der Waals surface area contributed by atoms with Crippen molar-refractivity contribution in [3.05, 3.63) is 40.9 Å². The molecule has 0 atom stereocenters. The minimum Gasteiger partial charge on any atom is -0.339 e. The van der Waals surface area contributed by atoms with Crippen LogP contribution >= 0.6 is 11.6 Å². The molecule has 162 valence electrons. The smallest absolute Gasteiger partial charge is 0.246 e. The highest BCUT2D eigenvalue weighted by Crippen LogP contribution is 2.25. The Balaban J connectivity index is 1.17. The molecule has 3 aliphatic rings. The summed E-state index contributed by atoms with van der Waals surface area (Å²) in [5.41, 5.74) is 0.953. The maximum atomic E-state index is 12.7. The molecule has 30 heavy (non-hydrogen) atoms. The third-order valence-electron chi connectivity index (χ3n) is 6.59. The molecule has 1 saturated carbocycles. The summed E-state index contributed by atoms with van der Waals surface area (Å²) in [5.74, 6) is 0.244. The molecule has 2 heterocycles. The highest BCUT2D eigenvalue weighted by molar-refractivity contribution is 6.30. The zero-order chi connectivity index (χ0) is 20.9. The number of carbonyl (C=O) groups excluding carboxylic acids is 2. The molecule has 3 fully saturated rings. The van der Waals surface area contributed by atoms with Gasteiger partial charge in [0.05, 0.1) is 6.54 Å². The average Bonchev–Trinajstić information content (AvgIpc) is 2.73. The van der Waals surface area contributed by atoms with Gasteiger partial charge in [0.1, 0.15) is 0 Å². The Kier molecular flexibility index (Phi) is 7.08. The van der Waals surface area contributed by atoms with Gasteiger partial charge in [-0.1, -0.05) is 30.2 Å². The van der Waals surface area contributed by atoms with Crippen LogP contribution in [0.1, 0.15) is 24.8 Å². The summed E-state index contributed by atoms with van der Waals surface area (Å²) in [6.07, 6.45) is 7.44. The van der Waals surface area contributed by atoms with Crippen LogP contribution in [0, 0.1) is 0 Å². The molecule has 1 aromatic carbocycles. The van der Waals surface area contributed by atoms with Gasteiger partial charge in [-0.2, -0.15) is 0 Å². The molecule has 0 aromatic heterocycles. The predicted octanol–water partition coefficient (Wildman–Crippen LogP) is 2.19. The number of halogens is 1. The molecular formula is C23H31ClN4O2. The molecule has 1 aliphatic carbocycles. The summed E-state index contributed by atoms with van der Waals surface area (Å²) < 4.78 is 0. The van der Waals surface area contributed by atoms with E-state index in [1.165, 1.54) is 19.3 Å². The first-order valence-corrected chi connectivity index (χ1v) is 11.4. The molecule has 6 nitrogen and oxygen atoms in total. The number of piperazine rings is 2. The highest BCUT2D eigenvalue weighted by atomic mass is 35.5. The topological polar surface area (TPSA) is 47.1 Å². The summed E-state index contributed by atoms with van der Waals surface area (Å²) in [7, 11) is 0. The summed E-state index contributed by atoms with van der Waals surface area (Å²) in [4.78, 5) is 33.7. The van der Waals surface area contributed by atoms with Crippen molar-refractivity contribution in [3.63, 3.8) is 0 Å². The van der Waals surface area contributed by atoms with Crippen LogP contribution in [-0.4, -0.2) is 96.4 Å². The summed E-state index contributed by atoms with van der Waals surface area (Å²) in [5, 5.41) is 0.685. The van der Waals surface area contributed by atoms with Crippen LogP contribution < -0.4 is 0 Å². The fourth-order valence-corrected chi connectivity index (χ4v) is 4.48. The van der Waals surface area contributed by atoms with E-state index in [4.69, 9.17) is 11.6 Å². The van der Waals surface area contributed by atoms with Crippen LogP contribution in [0.4, 0.5) is 0 Å². The minimum absolute atomic E-state index is 0.0167. The zero-order valence-corrected chi connectivity index (χ0v) is 18.3. The Morgan fingerprint density at radius 3 is 2.13 bits per heavy atom. The number of carbonyl (C=O) groups is 2. The largest absolute Gasteiger partial charge is 0.339 e. The molecule has 2 amide bonds. The van der Waals surface area contributed by atoms with Crippen molar-refractivity contribution in [2.45, 2.75) is 25.3 Å². The van der Waals surface area contributed by atoms with E-state index in [0.29, 0.717) is 24.7 Å². The lowest BCUT2D eigenvalue weighted by molar-refractivity contribution is -0.135. The van der Waals surface area contributed by atoms with Gasteiger partial charge in [-0.15, -0.1) is 0 Å². The van der Waals surface area contributed by atoms with Crippen LogP contribution in [0.15, 0.2) is 30.3 Å². The molecule has 0 radical (unpaired) electrons. The van der Waals surface area contributed by atoms with Crippen molar-refractivity contribution in [2.75, 3.05) is 58.9 Å². The number of nitrogens with zero attached hydrogens (tertiary/aromatic N) is 4. The lowest BCUT2D eigenvalue weighted by Crippen LogP contribution is -2.56. The van der Waals surface area contributed by atoms with E-state index in [2.05, 4.69) is 9.80 Å². The van der Waals surface area contributed by atoms with Crippen molar-refractivity contribution in [3.8, 4) is 0 Å². The second kappa shape index (κ2) is 9.94. The Morgan fingerprint density at radius 1 is 0.900 bits per heavy atom. The Labute approximate surface area is 184 Å². The van der Waals surface area contributed by atoms with Crippen molar-refractivity contribution < 1.29 is 9.59 Å². The summed E-state index contributed by atoms with van der Waals surface area (Å²) in [6.45, 7) is 7.00. The number of benzene rings is 1. The number of hydrogen-bond donors (Lipinski definition) is 0. The monoisotopic (exact) mass is 430 g/mol. The van der Waals surface area contributed by atoms with Gasteiger partial charge in [-0.05, 0) is 36.6 Å². The highest BCUT2D eigenvalue weighted by Gasteiger charge is 2.30. The van der Waals surface area contributed by atoms with E-state index in [1.807, 2.05) is 40.1 Å². The maximum Gasteiger partial charge on any atom is 0.246 e. The second-order valence-electron chi connectivity index (χ2n) is 8.49. The van der Waals surface area contributed by atoms with Gasteiger partial charge in [0.15, 0.2) is 0 Å². The molecule has 1 aromatic rings. The molecule has 4 rings (SSSR count). The van der Waals surface area contributed by atoms with Crippen molar-refractivity contribution in [2.24, 2.45) is 0 Å². The van der Waals surface area contributed by atoms with Gasteiger partial charge in [-0.3, -0.25) is 19.4 Å². The van der Waals surface area contributed by atoms with Crippen molar-refractivity contribution in [1.29, 1.82) is 0 Å². The predicted molar refractivity (Wildman–Crippen MR) is 119 cm³/mol. The molecule has 0 unspecified atom stereocenters. The lowest BCUT2D eigenvalue weighted by Gasteiger charge is -2.43. The van der Waals surface area contributed by atoms with Gasteiger partial charge in [0.25, 0.3) is 0 Å². The molecule has 0 spiro atoms. The van der Waals surface area contributed by atoms with E-state index in [0.717, 1.165) is 50.9 Å². The molecule has 2 aliphatic heterocycles. The van der Waals surface area contributed by atoms with E-state index in [9.17, 15) is 9.59 Å². The van der Waals surface area contributed by atoms with E-state index >= 15 is 0 Å². The normalized spacial score (nSPS) is 21.8. The van der Waals surface area contributed by atoms with Crippen LogP contribution in [0.5, 0.6) is 0 Å². The van der Waals surface area contributed by atoms with E-state index < -0.39 is 0 Å². The Hall–Kier alpha value is -1.89. The number of rotatable bonds is 5. The second-order valence-corrected chi connectivity index (χ2v) is 8.92. The van der Waals surface area contributed by atoms with Crippen LogP contribution in [-0.2, 0) is 9.59 Å². The Bertz CT molecular complexity index is 762. The van der Waals surface area contributed by atoms with Gasteiger partial charge in [-0.25, -0.2) is 0 Å². The fraction of sp³-hybridized carbons (Fsp3) is 0.565. The average molecular weight is 431 g/mol. The first kappa shape index (κ1) is 21.3. The lowest BCUT2D eigenvalue weighted by atomic mass is 9.91. The Morgan fingerprint density at radius 2 is 1.53 bits per heavy atom. The van der Waals surface area contributed by atoms with E-state index in [1.54, 1.807) is 6.08 Å². The summed E-state index contributed by atoms with van der Waals surface area (Å²) >= 11 is 5.89. The van der Waals surface area contributed by atoms with Gasteiger partial charge in [0, 0.05) is 69.5 Å². The van der Waals surface area contributed by atoms with Crippen molar-refractivity contribution >= 4 is 29.5 Å². The zero-order valence-electron chi connectivity index (χ0n) is 17.5. The first-order valence-electron chi connectivity index (χ1n) is 11.1. The third kappa shape index (κ3) is 5.42. The number of hydrogen-bond acceptors (Lipinski definition) is 4. The first-order chi connectivity index (χ1) is 14.6. The molecule has 2 saturated heterocycles. The SMILES string of the molecule is O=C(C=Cc1ccc(Cl)cc1)N1CCN(CC(=O)N2CCN(C3CCC3)CC2)CC1. The minimum atomic E-state index is 0.0167.